The second kappa shape index (κ2) is 14.6. The van der Waals surface area contributed by atoms with Crippen LogP contribution in [0.15, 0.2) is 90.7 Å². The average Bonchev–Trinajstić information content (AvgIpc) is 3.39. The predicted molar refractivity (Wildman–Crippen MR) is 110 cm³/mol. The van der Waals surface area contributed by atoms with Crippen LogP contribution in [0.4, 0.5) is 0 Å². The molecule has 0 amide bonds. The van der Waals surface area contributed by atoms with E-state index in [4.69, 9.17) is 11.2 Å². The van der Waals surface area contributed by atoms with E-state index in [9.17, 15) is 0 Å². The van der Waals surface area contributed by atoms with Crippen molar-refractivity contribution < 1.29 is 21.8 Å². The molecular weight excluding hydrogens is 374 g/mol. The van der Waals surface area contributed by atoms with Gasteiger partial charge in [-0.1, -0.05) is 42.0 Å². The SMILES string of the molecule is C#CCCCCOc1ccc(C[N-]C=C2C=CC=C2)cc1.[Fe+2].c1cc[cH-]c1. The Kier molecular flexibility index (Phi) is 12.2. The Bertz CT molecular complexity index is 702. The van der Waals surface area contributed by atoms with Gasteiger partial charge in [0.25, 0.3) is 0 Å². The van der Waals surface area contributed by atoms with Gasteiger partial charge in [-0.25, -0.2) is 12.1 Å². The summed E-state index contributed by atoms with van der Waals surface area (Å²) in [7, 11) is 0. The minimum Gasteiger partial charge on any atom is -0.686 e. The molecule has 0 heterocycles. The number of hydrogen-bond donors (Lipinski definition) is 0. The van der Waals surface area contributed by atoms with E-state index in [1.807, 2.05) is 73.0 Å². The van der Waals surface area contributed by atoms with E-state index in [1.54, 1.807) is 0 Å². The van der Waals surface area contributed by atoms with Crippen LogP contribution in [0, 0.1) is 12.3 Å². The molecule has 1 aliphatic carbocycles. The molecule has 0 aromatic heterocycles. The number of rotatable bonds is 8. The van der Waals surface area contributed by atoms with E-state index in [2.05, 4.69) is 23.4 Å². The van der Waals surface area contributed by atoms with E-state index in [1.165, 1.54) is 5.56 Å². The summed E-state index contributed by atoms with van der Waals surface area (Å²) in [5, 5.41) is 4.43. The first-order valence-corrected chi connectivity index (χ1v) is 8.92. The minimum absolute atomic E-state index is 0. The second-order valence-electron chi connectivity index (χ2n) is 5.80. The normalized spacial score (nSPS) is 11.0. The largest absolute Gasteiger partial charge is 2.00 e. The summed E-state index contributed by atoms with van der Waals surface area (Å²) in [5.74, 6) is 3.54. The van der Waals surface area contributed by atoms with Crippen molar-refractivity contribution in [1.29, 1.82) is 0 Å². The van der Waals surface area contributed by atoms with Crippen molar-refractivity contribution >= 4 is 0 Å². The van der Waals surface area contributed by atoms with E-state index in [-0.39, 0.29) is 17.1 Å². The molecule has 0 N–H and O–H groups in total. The van der Waals surface area contributed by atoms with Crippen LogP contribution >= 0.6 is 0 Å². The molecule has 0 spiro atoms. The molecule has 0 fully saturated rings. The Morgan fingerprint density at radius 2 is 1.74 bits per heavy atom. The maximum absolute atomic E-state index is 5.66. The van der Waals surface area contributed by atoms with Crippen LogP contribution in [-0.4, -0.2) is 6.61 Å². The number of unbranched alkanes of at least 4 members (excludes halogenated alkanes) is 2. The number of allylic oxidation sites excluding steroid dienone is 5. The van der Waals surface area contributed by atoms with Gasteiger partial charge in [0, 0.05) is 6.42 Å². The first kappa shape index (κ1) is 22.5. The quantitative estimate of drug-likeness (QED) is 0.226. The fourth-order valence-electron chi connectivity index (χ4n) is 2.26. The molecule has 0 aliphatic heterocycles. The molecule has 0 atom stereocenters. The summed E-state index contributed by atoms with van der Waals surface area (Å²) in [5.41, 5.74) is 2.32. The van der Waals surface area contributed by atoms with Gasteiger partial charge in [-0.3, -0.25) is 0 Å². The zero-order chi connectivity index (χ0) is 18.3. The van der Waals surface area contributed by atoms with Crippen molar-refractivity contribution in [2.75, 3.05) is 6.61 Å². The zero-order valence-corrected chi connectivity index (χ0v) is 16.5. The monoisotopic (exact) mass is 399 g/mol. The molecule has 2 nitrogen and oxygen atoms in total. The van der Waals surface area contributed by atoms with Crippen LogP contribution in [-0.2, 0) is 23.6 Å². The number of terminal acetylenes is 1. The third-order valence-corrected chi connectivity index (χ3v) is 3.67. The fourth-order valence-corrected chi connectivity index (χ4v) is 2.26. The maximum atomic E-state index is 5.66. The molecular formula is C24H25FeNO. The van der Waals surface area contributed by atoms with Crippen LogP contribution in [0.5, 0.6) is 5.75 Å². The molecule has 27 heavy (non-hydrogen) atoms. The maximum Gasteiger partial charge on any atom is 2.00 e. The van der Waals surface area contributed by atoms with Crippen molar-refractivity contribution in [1.82, 2.24) is 0 Å². The number of nitrogens with zero attached hydrogens (tertiary/aromatic N) is 1. The van der Waals surface area contributed by atoms with Crippen LogP contribution in [0.2, 0.25) is 0 Å². The molecule has 0 saturated heterocycles. The van der Waals surface area contributed by atoms with E-state index >= 15 is 0 Å². The summed E-state index contributed by atoms with van der Waals surface area (Å²) in [4.78, 5) is 0. The molecule has 3 heteroatoms. The van der Waals surface area contributed by atoms with Gasteiger partial charge in [0.05, 0.1) is 6.61 Å². The smallest absolute Gasteiger partial charge is 0.686 e. The van der Waals surface area contributed by atoms with Crippen molar-refractivity contribution in [3.05, 3.63) is 102 Å². The van der Waals surface area contributed by atoms with Gasteiger partial charge in [-0.2, -0.15) is 24.4 Å². The van der Waals surface area contributed by atoms with Gasteiger partial charge >= 0.3 is 17.1 Å². The Balaban J connectivity index is 0.000000526. The summed E-state index contributed by atoms with van der Waals surface area (Å²) in [6.45, 7) is 1.41. The van der Waals surface area contributed by atoms with Crippen LogP contribution in [0.3, 0.4) is 0 Å². The molecule has 1 aliphatic rings. The first-order chi connectivity index (χ1) is 12.9. The van der Waals surface area contributed by atoms with Crippen molar-refractivity contribution in [2.24, 2.45) is 0 Å². The van der Waals surface area contributed by atoms with Gasteiger partial charge in [0.15, 0.2) is 0 Å². The predicted octanol–water partition coefficient (Wildman–Crippen LogP) is 6.16. The molecule has 0 saturated carbocycles. The molecule has 2 aromatic carbocycles. The molecule has 0 unspecified atom stereocenters. The second-order valence-corrected chi connectivity index (χ2v) is 5.80. The molecule has 3 rings (SSSR count). The topological polar surface area (TPSA) is 23.3 Å². The van der Waals surface area contributed by atoms with Gasteiger partial charge in [0.2, 0.25) is 0 Å². The fraction of sp³-hybridized carbons (Fsp3) is 0.208. The number of ether oxygens (including phenoxy) is 1. The average molecular weight is 399 g/mol. The van der Waals surface area contributed by atoms with Gasteiger partial charge in [-0.15, -0.1) is 18.9 Å². The summed E-state index contributed by atoms with van der Waals surface area (Å²) in [6, 6.07) is 18.1. The number of benzene rings is 1. The van der Waals surface area contributed by atoms with Crippen molar-refractivity contribution in [2.45, 2.75) is 25.8 Å². The number of hydrogen-bond acceptors (Lipinski definition) is 1. The van der Waals surface area contributed by atoms with Gasteiger partial charge < -0.3 is 10.1 Å². The zero-order valence-electron chi connectivity index (χ0n) is 15.4. The third kappa shape index (κ3) is 10.3. The van der Waals surface area contributed by atoms with Crippen LogP contribution < -0.4 is 4.74 Å². The Morgan fingerprint density at radius 1 is 1.04 bits per heavy atom. The standard InChI is InChI=1S/C19H20NO.C5H5.Fe/c1-2-3-4-7-14-21-19-12-10-18(11-13-19)16-20-15-17-8-5-6-9-17;1-2-4-5-3-1;/h1,5-6,8-13,15H,3-4,7,14,16H2;1-5H;/q2*-1;+2. The van der Waals surface area contributed by atoms with E-state index < -0.39 is 0 Å². The molecule has 140 valence electrons. The summed E-state index contributed by atoms with van der Waals surface area (Å²) < 4.78 is 5.66. The van der Waals surface area contributed by atoms with E-state index in [0.717, 1.165) is 37.2 Å². The third-order valence-electron chi connectivity index (χ3n) is 3.67. The van der Waals surface area contributed by atoms with Gasteiger partial charge in [-0.05, 0) is 30.5 Å². The van der Waals surface area contributed by atoms with Crippen molar-refractivity contribution in [3.63, 3.8) is 0 Å². The Morgan fingerprint density at radius 3 is 2.33 bits per heavy atom. The molecule has 2 aromatic rings. The van der Waals surface area contributed by atoms with E-state index in [0.29, 0.717) is 6.54 Å². The van der Waals surface area contributed by atoms with Crippen LogP contribution in [0.1, 0.15) is 24.8 Å². The Labute approximate surface area is 173 Å². The summed E-state index contributed by atoms with van der Waals surface area (Å²) in [6.07, 6.45) is 18.1. The van der Waals surface area contributed by atoms with Crippen molar-refractivity contribution in [3.8, 4) is 18.1 Å². The minimum atomic E-state index is 0. The van der Waals surface area contributed by atoms with Gasteiger partial charge in [0.1, 0.15) is 5.75 Å². The molecule has 0 bridgehead atoms. The van der Waals surface area contributed by atoms with Crippen LogP contribution in [0.25, 0.3) is 5.32 Å². The molecule has 0 radical (unpaired) electrons. The summed E-state index contributed by atoms with van der Waals surface area (Å²) >= 11 is 0. The first-order valence-electron chi connectivity index (χ1n) is 8.92. The Hall–Kier alpha value is -2.53.